The van der Waals surface area contributed by atoms with Gasteiger partial charge in [-0.15, -0.1) is 0 Å². The van der Waals surface area contributed by atoms with Crippen molar-refractivity contribution in [1.82, 2.24) is 20.4 Å². The monoisotopic (exact) mass is 224 g/mol. The molecule has 0 atom stereocenters. The number of amides is 1. The zero-order valence-electron chi connectivity index (χ0n) is 9.78. The second kappa shape index (κ2) is 7.87. The van der Waals surface area contributed by atoms with E-state index >= 15 is 0 Å². The molecule has 0 bridgehead atoms. The Morgan fingerprint density at radius 3 is 3.00 bits per heavy atom. The fourth-order valence-corrected chi connectivity index (χ4v) is 1.37. The number of aromatic nitrogens is 2. The summed E-state index contributed by atoms with van der Waals surface area (Å²) in [6, 6.07) is 1.90. The van der Waals surface area contributed by atoms with Crippen LogP contribution in [0.15, 0.2) is 18.5 Å². The smallest absolute Gasteiger partial charge is 0.221 e. The summed E-state index contributed by atoms with van der Waals surface area (Å²) in [6.07, 6.45) is 5.15. The molecule has 0 fully saturated rings. The van der Waals surface area contributed by atoms with E-state index < -0.39 is 0 Å². The molecule has 2 N–H and O–H groups in total. The Morgan fingerprint density at radius 1 is 1.44 bits per heavy atom. The maximum absolute atomic E-state index is 11.3. The highest BCUT2D eigenvalue weighted by Gasteiger charge is 1.99. The Bertz CT molecular complexity index is 284. The van der Waals surface area contributed by atoms with E-state index in [1.165, 1.54) is 0 Å². The normalized spacial score (nSPS) is 10.3. The van der Waals surface area contributed by atoms with Crippen LogP contribution in [-0.2, 0) is 11.3 Å². The predicted molar refractivity (Wildman–Crippen MR) is 63.0 cm³/mol. The number of carbonyl (C=O) groups excluding carboxylic acids is 1. The molecule has 16 heavy (non-hydrogen) atoms. The van der Waals surface area contributed by atoms with E-state index in [-0.39, 0.29) is 5.91 Å². The summed E-state index contributed by atoms with van der Waals surface area (Å²) < 4.78 is 1.87. The molecule has 0 radical (unpaired) electrons. The van der Waals surface area contributed by atoms with Gasteiger partial charge in [0.2, 0.25) is 5.91 Å². The van der Waals surface area contributed by atoms with Crippen molar-refractivity contribution in [3.05, 3.63) is 18.5 Å². The van der Waals surface area contributed by atoms with Crippen LogP contribution >= 0.6 is 0 Å². The van der Waals surface area contributed by atoms with Crippen LogP contribution in [0.25, 0.3) is 0 Å². The van der Waals surface area contributed by atoms with Crippen LogP contribution in [0.2, 0.25) is 0 Å². The van der Waals surface area contributed by atoms with Gasteiger partial charge in [-0.05, 0) is 19.0 Å². The highest BCUT2D eigenvalue weighted by Crippen LogP contribution is 1.88. The van der Waals surface area contributed by atoms with Gasteiger partial charge in [-0.2, -0.15) is 5.10 Å². The molecule has 1 aromatic rings. The van der Waals surface area contributed by atoms with Crippen LogP contribution in [0.4, 0.5) is 0 Å². The highest BCUT2D eigenvalue weighted by atomic mass is 16.1. The van der Waals surface area contributed by atoms with Crippen LogP contribution in [0, 0.1) is 0 Å². The van der Waals surface area contributed by atoms with Crippen LogP contribution < -0.4 is 10.6 Å². The van der Waals surface area contributed by atoms with E-state index in [4.69, 9.17) is 0 Å². The van der Waals surface area contributed by atoms with Crippen molar-refractivity contribution in [2.24, 2.45) is 0 Å². The third-order valence-electron chi connectivity index (χ3n) is 2.22. The molecule has 0 aliphatic rings. The zero-order valence-corrected chi connectivity index (χ0v) is 9.78. The second-order valence-corrected chi connectivity index (χ2v) is 3.58. The summed E-state index contributed by atoms with van der Waals surface area (Å²) in [4.78, 5) is 11.3. The standard InChI is InChI=1S/C11H20N4O/c1-2-12-8-5-11(16)13-6-3-9-15-10-4-7-14-15/h4,7,10,12H,2-3,5-6,8-9H2,1H3,(H,13,16). The number of nitrogens with zero attached hydrogens (tertiary/aromatic N) is 2. The molecule has 0 aliphatic carbocycles. The van der Waals surface area contributed by atoms with E-state index in [0.29, 0.717) is 13.0 Å². The average molecular weight is 224 g/mol. The number of aryl methyl sites for hydroxylation is 1. The lowest BCUT2D eigenvalue weighted by Gasteiger charge is -2.05. The maximum atomic E-state index is 11.3. The lowest BCUT2D eigenvalue weighted by molar-refractivity contribution is -0.121. The zero-order chi connectivity index (χ0) is 11.6. The Kier molecular flexibility index (Phi) is 6.25. The molecule has 0 aromatic carbocycles. The molecule has 0 saturated carbocycles. The van der Waals surface area contributed by atoms with Crippen molar-refractivity contribution in [3.8, 4) is 0 Å². The molecule has 5 heteroatoms. The van der Waals surface area contributed by atoms with E-state index in [0.717, 1.165) is 26.1 Å². The largest absolute Gasteiger partial charge is 0.356 e. The first-order chi connectivity index (χ1) is 7.83. The van der Waals surface area contributed by atoms with Gasteiger partial charge in [-0.3, -0.25) is 9.48 Å². The molecular weight excluding hydrogens is 204 g/mol. The molecule has 1 rings (SSSR count). The van der Waals surface area contributed by atoms with E-state index in [2.05, 4.69) is 15.7 Å². The lowest BCUT2D eigenvalue weighted by atomic mass is 10.3. The first-order valence-corrected chi connectivity index (χ1v) is 5.77. The summed E-state index contributed by atoms with van der Waals surface area (Å²) in [5.74, 6) is 0.112. The maximum Gasteiger partial charge on any atom is 0.221 e. The van der Waals surface area contributed by atoms with Gasteiger partial charge in [-0.1, -0.05) is 6.92 Å². The molecule has 1 amide bonds. The third kappa shape index (κ3) is 5.50. The minimum atomic E-state index is 0.112. The van der Waals surface area contributed by atoms with Crippen molar-refractivity contribution >= 4 is 5.91 Å². The van der Waals surface area contributed by atoms with Gasteiger partial charge in [0, 0.05) is 38.4 Å². The third-order valence-corrected chi connectivity index (χ3v) is 2.22. The Labute approximate surface area is 96.2 Å². The Hall–Kier alpha value is -1.36. The van der Waals surface area contributed by atoms with Crippen LogP contribution in [0.3, 0.4) is 0 Å². The van der Waals surface area contributed by atoms with Crippen molar-refractivity contribution in [1.29, 1.82) is 0 Å². The molecule has 1 heterocycles. The number of hydrogen-bond donors (Lipinski definition) is 2. The van der Waals surface area contributed by atoms with E-state index in [1.807, 2.05) is 23.9 Å². The first-order valence-electron chi connectivity index (χ1n) is 5.77. The molecule has 5 nitrogen and oxygen atoms in total. The fraction of sp³-hybridized carbons (Fsp3) is 0.636. The molecule has 1 aromatic heterocycles. The number of nitrogens with one attached hydrogen (secondary N) is 2. The molecular formula is C11H20N4O. The summed E-state index contributed by atoms with van der Waals surface area (Å²) in [6.45, 7) is 5.25. The summed E-state index contributed by atoms with van der Waals surface area (Å²) in [5.41, 5.74) is 0. The molecule has 0 unspecified atom stereocenters. The summed E-state index contributed by atoms with van der Waals surface area (Å²) in [7, 11) is 0. The van der Waals surface area contributed by atoms with Crippen molar-refractivity contribution in [2.45, 2.75) is 26.3 Å². The fourth-order valence-electron chi connectivity index (χ4n) is 1.37. The van der Waals surface area contributed by atoms with Crippen molar-refractivity contribution in [2.75, 3.05) is 19.6 Å². The van der Waals surface area contributed by atoms with Crippen LogP contribution in [0.1, 0.15) is 19.8 Å². The minimum absolute atomic E-state index is 0.112. The van der Waals surface area contributed by atoms with Crippen LogP contribution in [-0.4, -0.2) is 35.3 Å². The van der Waals surface area contributed by atoms with Crippen molar-refractivity contribution < 1.29 is 4.79 Å². The summed E-state index contributed by atoms with van der Waals surface area (Å²) in [5, 5.41) is 10.1. The molecule has 0 aliphatic heterocycles. The molecule has 0 saturated heterocycles. The lowest BCUT2D eigenvalue weighted by Crippen LogP contribution is -2.28. The SMILES string of the molecule is CCNCCC(=O)NCCCn1cccn1. The number of hydrogen-bond acceptors (Lipinski definition) is 3. The molecule has 0 spiro atoms. The minimum Gasteiger partial charge on any atom is -0.356 e. The van der Waals surface area contributed by atoms with Gasteiger partial charge >= 0.3 is 0 Å². The van der Waals surface area contributed by atoms with Gasteiger partial charge in [0.25, 0.3) is 0 Å². The highest BCUT2D eigenvalue weighted by molar-refractivity contribution is 5.75. The Morgan fingerprint density at radius 2 is 2.31 bits per heavy atom. The summed E-state index contributed by atoms with van der Waals surface area (Å²) >= 11 is 0. The number of carbonyl (C=O) groups is 1. The van der Waals surface area contributed by atoms with Gasteiger partial charge in [0.05, 0.1) is 0 Å². The van der Waals surface area contributed by atoms with Crippen LogP contribution in [0.5, 0.6) is 0 Å². The van der Waals surface area contributed by atoms with Gasteiger partial charge in [0.15, 0.2) is 0 Å². The van der Waals surface area contributed by atoms with Crippen molar-refractivity contribution in [3.63, 3.8) is 0 Å². The second-order valence-electron chi connectivity index (χ2n) is 3.58. The average Bonchev–Trinajstić information content (AvgIpc) is 2.78. The van der Waals surface area contributed by atoms with Gasteiger partial charge < -0.3 is 10.6 Å². The van der Waals surface area contributed by atoms with E-state index in [9.17, 15) is 4.79 Å². The quantitative estimate of drug-likeness (QED) is 0.628. The van der Waals surface area contributed by atoms with E-state index in [1.54, 1.807) is 6.20 Å². The predicted octanol–water partition coefficient (Wildman–Crippen LogP) is 0.389. The topological polar surface area (TPSA) is 59.0 Å². The van der Waals surface area contributed by atoms with Gasteiger partial charge in [-0.25, -0.2) is 0 Å². The first kappa shape index (κ1) is 12.7. The molecule has 90 valence electrons. The Balaban J connectivity index is 1.96. The van der Waals surface area contributed by atoms with Gasteiger partial charge in [0.1, 0.15) is 0 Å². The number of rotatable bonds is 8.